The van der Waals surface area contributed by atoms with Gasteiger partial charge in [-0.05, 0) is 184 Å². The molecule has 48 heteroatoms. The standard InChI is InChI=1S/C12H17N.C11H20N6O.C10H19N7O.C7H11ClN2.C6H12N2O2.C6H12N2S.C6H8N2.C5H10N2.C4H6N4.C3H9N3S.C3H6N2S.C2H6N2S.CH6N4.CH4/c1-3-11-5-4-6-12(9-11)8-7-10(2)13;1-8(12)5-3-2-4-6-9(13)10(18)7-11-14-16-17-15-11;1-7(11)5-3-2-4-6-8(12)9(18)13-10-14-16-17-15-10;1-3-2-4(9)10-7-5(3)6(7)8;1-4(7)2-3-5(8)6(9)10;1-3-5-4(2)8-6(7)9-5;1-5-2-3-8-6(7)4-5;6-5-3-1-2-4-7-5;5-4(6)8-3-1-2-7-8;4-1-2-7-3(5)6;4-3-5-1-2-6-3;1-5-2(3)4;2-1(3)5-4;/h4-6,9,13H,3,7-8H2,1-2H3;9,12H,2-7,13H2,1H3,(H,14,15,16,17);8,11H,2-6,12H2,1H3,(H2,13,14,15,16,17,18);3,5-7H,2H2,1H3,(H2,9,10);5,7H,2-3,8H2,1H3,(H,9,10);4-5H,3H2,1-2H3,(H2,7,8);2-4H,1H3,(H2,7,8);1-4H2,(H2,6,7);1-3H,(H3,5,6);1-2,4H2,(H3,5,6);1-2H2,(H2,4,5);1H3,(H3,3,4);4H2,(H4,2,3,5);1H4/t;9-;;3-,5-,6+,7-;;4-,5-;;;;;;;;/m.1.0.1......../s1. The number of tetrazole rings is 2. The molecule has 1 fully saturated rings. The van der Waals surface area contributed by atoms with Crippen molar-refractivity contribution in [2.75, 3.05) is 48.4 Å². The van der Waals surface area contributed by atoms with Crippen LogP contribution in [0.1, 0.15) is 201 Å². The van der Waals surface area contributed by atoms with Crippen LogP contribution in [0.5, 0.6) is 0 Å². The number of benzene rings is 1. The summed E-state index contributed by atoms with van der Waals surface area (Å²) in [4.78, 5) is 53.6. The van der Waals surface area contributed by atoms with E-state index in [2.05, 4.69) is 140 Å². The highest BCUT2D eigenvalue weighted by Crippen LogP contribution is 2.48. The quantitative estimate of drug-likeness (QED) is 0.00635. The van der Waals surface area contributed by atoms with Crippen LogP contribution >= 0.6 is 58.6 Å². The van der Waals surface area contributed by atoms with Gasteiger partial charge in [-0.3, -0.25) is 55.9 Å². The normalized spacial score (nSPS) is 16.6. The number of amidine groups is 6. The van der Waals surface area contributed by atoms with E-state index in [4.69, 9.17) is 135 Å². The number of nitrogens with zero attached hydrogens (tertiary/aromatic N) is 14. The first kappa shape index (κ1) is 121. The molecule has 125 heavy (non-hydrogen) atoms. The van der Waals surface area contributed by atoms with Crippen molar-refractivity contribution >= 4 is 155 Å². The minimum Gasteiger partial charge on any atom is -0.480 e. The van der Waals surface area contributed by atoms with E-state index in [1.165, 1.54) is 52.2 Å². The zero-order chi connectivity index (χ0) is 94.5. The lowest BCUT2D eigenvalue weighted by atomic mass is 9.99. The highest BCUT2D eigenvalue weighted by atomic mass is 35.5. The van der Waals surface area contributed by atoms with Crippen LogP contribution in [0.4, 0.5) is 11.8 Å². The van der Waals surface area contributed by atoms with Gasteiger partial charge in [0.1, 0.15) is 11.9 Å². The zero-order valence-electron chi connectivity index (χ0n) is 73.5. The van der Waals surface area contributed by atoms with Gasteiger partial charge in [-0.15, -0.1) is 32.0 Å². The van der Waals surface area contributed by atoms with E-state index < -0.39 is 24.1 Å². The highest BCUT2D eigenvalue weighted by molar-refractivity contribution is 8.14. The predicted octanol–water partition coefficient (Wildman–Crippen LogP) is 6.48. The molecule has 1 amide bonds. The molecule has 9 atom stereocenters. The number of alkyl halides is 1. The van der Waals surface area contributed by atoms with Crippen LogP contribution in [0.2, 0.25) is 0 Å². The number of guanidine groups is 1. The second-order valence-electron chi connectivity index (χ2n) is 28.1. The summed E-state index contributed by atoms with van der Waals surface area (Å²) >= 11 is 11.8. The number of unbranched alkanes of at least 4 members (excludes halogenated alkanes) is 4. The van der Waals surface area contributed by atoms with Gasteiger partial charge in [0.25, 0.3) is 5.95 Å². The van der Waals surface area contributed by atoms with Gasteiger partial charge in [0.2, 0.25) is 17.8 Å². The van der Waals surface area contributed by atoms with E-state index in [0.717, 1.165) is 148 Å². The third-order valence-corrected chi connectivity index (χ3v) is 20.6. The summed E-state index contributed by atoms with van der Waals surface area (Å²) < 4.78 is 1.28. The molecule has 0 bridgehead atoms. The Morgan fingerprint density at radius 3 is 1.68 bits per heavy atom. The summed E-state index contributed by atoms with van der Waals surface area (Å²) in [7, 11) is 0. The maximum Gasteiger partial charge on any atom is 0.320 e. The zero-order valence-corrected chi connectivity index (χ0v) is 77.5. The molecule has 0 saturated heterocycles. The molecular formula is C77H146ClN39O4S4. The summed E-state index contributed by atoms with van der Waals surface area (Å²) in [6.45, 7) is 20.2. The summed E-state index contributed by atoms with van der Waals surface area (Å²) in [5.41, 5.74) is 79.6. The Bertz CT molecular complexity index is 3870. The van der Waals surface area contributed by atoms with Gasteiger partial charge in [0.15, 0.2) is 32.3 Å². The Kier molecular flexibility index (Phi) is 72.7. The lowest BCUT2D eigenvalue weighted by Gasteiger charge is -2.13. The number of aromatic amines is 2. The maximum absolute atomic E-state index is 11.7. The third kappa shape index (κ3) is 70.7. The SMILES string of the molecule is C.CC(=N)CCC(N)C(=O)O.CC(=N)CCCCCC(N)C(=O)Nc1nn[nH]n1.CC(=N)CCCCC[C@@H](N)C(=O)Cc1nn[nH]n1.CC[C@H]1SC(N)=N[C@@H]1C.CCc1cccc(CCC(C)=N)c1.CSC(=N)N.C[C@H]1CC(N)=N[C@@H]2[C@H](Cl)[C@@H]21.Cc1ccnc(N)c1.N=C(N)SCCN.N=C(N)n1cccn1.NC1=NCCCC1.NC1=NCCS1.NN=C(N)N. The van der Waals surface area contributed by atoms with Crippen LogP contribution < -0.4 is 91.4 Å². The number of rotatable bonds is 28. The summed E-state index contributed by atoms with van der Waals surface area (Å²) in [6, 6.07) is 13.0. The first-order valence-electron chi connectivity index (χ1n) is 40.1. The van der Waals surface area contributed by atoms with E-state index >= 15 is 0 Å². The number of H-pyrrole nitrogens is 2. The number of carbonyl (C=O) groups is 3. The number of aliphatic carboxylic acids is 1. The molecule has 41 N–H and O–H groups in total. The number of aromatic nitrogens is 11. The number of carboxylic acid groups (broad SMARTS) is 1. The molecule has 10 rings (SSSR count). The molecule has 5 aliphatic rings. The molecule has 1 aliphatic carbocycles. The first-order valence-corrected chi connectivity index (χ1v) is 44.7. The molecule has 4 aliphatic heterocycles. The van der Waals surface area contributed by atoms with Gasteiger partial charge >= 0.3 is 5.97 Å². The number of thioether (sulfide) groups is 4. The lowest BCUT2D eigenvalue weighted by molar-refractivity contribution is -0.138. The second-order valence-corrected chi connectivity index (χ2v) is 33.0. The van der Waals surface area contributed by atoms with Gasteiger partial charge in [-0.2, -0.15) is 15.5 Å². The third-order valence-electron chi connectivity index (χ3n) is 16.7. The van der Waals surface area contributed by atoms with Crippen LogP contribution in [-0.4, -0.2) is 224 Å². The van der Waals surface area contributed by atoms with E-state index in [0.29, 0.717) is 90.2 Å². The van der Waals surface area contributed by atoms with Crippen molar-refractivity contribution in [2.24, 2.45) is 117 Å². The number of carbonyl (C=O) groups excluding carboxylic acids is 2. The van der Waals surface area contributed by atoms with Crippen molar-refractivity contribution in [2.45, 2.75) is 245 Å². The van der Waals surface area contributed by atoms with Crippen LogP contribution in [-0.2, 0) is 33.6 Å². The van der Waals surface area contributed by atoms with Crippen molar-refractivity contribution in [3.05, 3.63) is 83.6 Å². The lowest BCUT2D eigenvalue weighted by Crippen LogP contribution is -2.35. The topological polar surface area (TPSA) is 842 Å². The Morgan fingerprint density at radius 2 is 1.31 bits per heavy atom. The Labute approximate surface area is 758 Å². The highest BCUT2D eigenvalue weighted by Gasteiger charge is 2.54. The Hall–Kier alpha value is -10.3. The van der Waals surface area contributed by atoms with E-state index in [1.807, 2.05) is 26.0 Å². The van der Waals surface area contributed by atoms with Crippen molar-refractivity contribution in [1.29, 1.82) is 37.9 Å². The van der Waals surface area contributed by atoms with Crippen molar-refractivity contribution in [3.63, 3.8) is 0 Å². The number of aliphatic imine (C=N–C) groups is 4. The molecule has 704 valence electrons. The monoisotopic (exact) mass is 1840 g/mol. The number of fused-ring (bicyclic) bond motifs is 1. The number of amides is 1. The van der Waals surface area contributed by atoms with Gasteiger partial charge in [-0.1, -0.05) is 136 Å². The van der Waals surface area contributed by atoms with E-state index in [9.17, 15) is 14.4 Å². The van der Waals surface area contributed by atoms with Gasteiger partial charge in [0, 0.05) is 90.0 Å². The van der Waals surface area contributed by atoms with Crippen LogP contribution in [0, 0.1) is 56.6 Å². The summed E-state index contributed by atoms with van der Waals surface area (Å²) in [5.74, 6) is 8.81. The number of hydrogen-bond acceptors (Lipinski definition) is 37. The average molecular weight is 1850 g/mol. The van der Waals surface area contributed by atoms with Crippen molar-refractivity contribution < 1.29 is 19.5 Å². The molecule has 0 radical (unpaired) electrons. The largest absolute Gasteiger partial charge is 0.480 e. The Balaban J connectivity index is -0.000000646. The molecule has 1 saturated carbocycles. The molecule has 43 nitrogen and oxygen atoms in total. The number of nitrogen functional groups attached to an aromatic ring is 2. The fourth-order valence-electron chi connectivity index (χ4n) is 9.95. The number of Topliss-reactive ketones (excluding diaryl/α,β-unsaturated/α-hetero) is 1. The van der Waals surface area contributed by atoms with Crippen LogP contribution in [0.25, 0.3) is 0 Å². The molecule has 2 unspecified atom stereocenters. The van der Waals surface area contributed by atoms with Crippen LogP contribution in [0.15, 0.2) is 86.1 Å². The average Bonchev–Trinajstić information content (AvgIpc) is 1.60. The number of nitrogens with one attached hydrogen (secondary N) is 10. The van der Waals surface area contributed by atoms with Crippen molar-refractivity contribution in [3.8, 4) is 0 Å². The van der Waals surface area contributed by atoms with Gasteiger partial charge < -0.3 is 113 Å². The second kappa shape index (κ2) is 75.1. The number of nitrogens with two attached hydrogens (primary N) is 15. The van der Waals surface area contributed by atoms with Crippen LogP contribution in [0.3, 0.4) is 0 Å². The minimum atomic E-state index is -0.999. The van der Waals surface area contributed by atoms with Crippen molar-refractivity contribution in [1.82, 2.24) is 56.0 Å². The maximum atomic E-state index is 11.7. The molecular weight excluding hydrogens is 1700 g/mol. The summed E-state index contributed by atoms with van der Waals surface area (Å²) in [6.07, 6.45) is 24.8. The number of carboxylic acids is 1. The molecule has 1 aromatic carbocycles. The van der Waals surface area contributed by atoms with Gasteiger partial charge in [-0.25, -0.2) is 9.67 Å². The molecule has 8 heterocycles. The number of pyridine rings is 1. The van der Waals surface area contributed by atoms with Gasteiger partial charge in [0.05, 0.1) is 54.2 Å². The first-order chi connectivity index (χ1) is 58.6. The Morgan fingerprint density at radius 1 is 0.720 bits per heavy atom. The number of hydrazone groups is 1. The smallest absolute Gasteiger partial charge is 0.320 e. The molecule has 5 aromatic rings. The fourth-order valence-corrected chi connectivity index (χ4v) is 12.4. The fraction of sp³-hybridized carbons (Fsp3) is 0.597. The number of aryl methyl sites for hydroxylation is 3. The predicted molar refractivity (Wildman–Crippen MR) is 523 cm³/mol. The van der Waals surface area contributed by atoms with E-state index in [-0.39, 0.29) is 59.1 Å². The number of ketones is 1. The number of hydrogen-bond donors (Lipinski definition) is 26. The molecule has 4 aromatic heterocycles. The minimum absolute atomic E-state index is 0. The number of halogens is 1. The molecule has 0 spiro atoms. The number of anilines is 2. The van der Waals surface area contributed by atoms with E-state index in [1.54, 1.807) is 75.2 Å². The summed E-state index contributed by atoms with van der Waals surface area (Å²) in [5, 5.41) is 94.8.